The molecule has 0 radical (unpaired) electrons. The Kier molecular flexibility index (Phi) is 11.6. The lowest BCUT2D eigenvalue weighted by molar-refractivity contribution is -0.172. The van der Waals surface area contributed by atoms with Crippen LogP contribution in [0, 0.1) is 10.8 Å². The quantitative estimate of drug-likeness (QED) is 0.139. The van der Waals surface area contributed by atoms with Crippen LogP contribution in [0.3, 0.4) is 0 Å². The van der Waals surface area contributed by atoms with Crippen LogP contribution in [0.5, 0.6) is 0 Å². The highest BCUT2D eigenvalue weighted by molar-refractivity contribution is 8.00. The third-order valence-corrected chi connectivity index (χ3v) is 13.3. The van der Waals surface area contributed by atoms with Crippen molar-refractivity contribution in [2.24, 2.45) is 10.8 Å². The molecule has 4 N–H and O–H groups in total. The molecule has 2 saturated carbocycles. The van der Waals surface area contributed by atoms with Gasteiger partial charge in [-0.15, -0.1) is 5.10 Å². The maximum atomic E-state index is 12.7. The first-order chi connectivity index (χ1) is 26.5. The summed E-state index contributed by atoms with van der Waals surface area (Å²) in [5.74, 6) is -0.425. The van der Waals surface area contributed by atoms with Gasteiger partial charge in [-0.2, -0.15) is 11.8 Å². The lowest BCUT2D eigenvalue weighted by atomic mass is 9.87. The number of carbonyl (C=O) groups is 4. The minimum atomic E-state index is -0.654. The topological polar surface area (TPSA) is 193 Å². The van der Waals surface area contributed by atoms with Gasteiger partial charge in [0.15, 0.2) is 11.6 Å². The summed E-state index contributed by atoms with van der Waals surface area (Å²) in [6, 6.07) is 7.75. The maximum absolute atomic E-state index is 12.7. The zero-order valence-corrected chi connectivity index (χ0v) is 34.1. The third kappa shape index (κ3) is 9.11. The van der Waals surface area contributed by atoms with Crippen LogP contribution in [-0.2, 0) is 33.3 Å². The second-order valence-corrected chi connectivity index (χ2v) is 18.8. The van der Waals surface area contributed by atoms with Gasteiger partial charge in [0, 0.05) is 30.5 Å². The first-order valence-electron chi connectivity index (χ1n) is 20.0. The molecule has 16 nitrogen and oxygen atoms in total. The molecule has 4 amide bonds. The van der Waals surface area contributed by atoms with E-state index in [1.165, 1.54) is 4.85 Å². The number of urea groups is 1. The van der Waals surface area contributed by atoms with Gasteiger partial charge in [0.25, 0.3) is 0 Å². The second-order valence-electron chi connectivity index (χ2n) is 17.5. The average Bonchev–Trinajstić information content (AvgIpc) is 3.98. The number of thioether (sulfide) groups is 1. The molecule has 0 bridgehead atoms. The molecule has 56 heavy (non-hydrogen) atoms. The summed E-state index contributed by atoms with van der Waals surface area (Å²) in [5.41, 5.74) is 0.224. The van der Waals surface area contributed by atoms with Crippen molar-refractivity contribution in [1.82, 2.24) is 36.4 Å². The summed E-state index contributed by atoms with van der Waals surface area (Å²) >= 11 is 1.90. The summed E-state index contributed by atoms with van der Waals surface area (Å²) in [6.45, 7) is 12.6. The monoisotopic (exact) mass is 799 g/mol. The van der Waals surface area contributed by atoms with Gasteiger partial charge in [-0.25, -0.2) is 9.59 Å². The standard InChI is InChI=1S/C23H38N4O5S.C16H19N3O4/c1-22(2)31-15-11-23(3,12-16(15)32-22)20(29)25-10-6-9-24-18(28)8-5-4-7-17-19-14(13-33-17)26-21(30)27-19;1-15(2)21-12-8-16(3,9-13(12)22-15)14(20)23-19-11-7-5-4-6-10(11)17-18-19/h14-17,19H,4-13H2,1-3H3,(H,24,28)(H,25,29)(H2,26,27,30);4-7,12-13H,8-9H2,1-3H3/t14-,15?,16?,17-,19-,23?;/m0./s1. The Balaban J connectivity index is 0.000000182. The van der Waals surface area contributed by atoms with Crippen LogP contribution in [-0.4, -0.2) is 111 Å². The van der Waals surface area contributed by atoms with Crippen LogP contribution in [0.2, 0.25) is 0 Å². The summed E-state index contributed by atoms with van der Waals surface area (Å²) in [7, 11) is 0. The number of aromatic nitrogens is 3. The van der Waals surface area contributed by atoms with E-state index in [0.717, 1.165) is 25.0 Å². The number of rotatable bonds is 12. The molecule has 6 aliphatic rings. The molecular weight excluding hydrogens is 743 g/mol. The molecular formula is C39H57N7O9S. The SMILES string of the molecule is CC1(C)OC2CC(C)(C(=O)NCCCNC(=O)CCCC[C@@H]3SC[C@@H]4NC(=O)N[C@@H]43)CC2O1.CC1(C)OC2CC(C)(C(=O)On3nnc4ccccc43)CC2O1. The number of fused-ring (bicyclic) bond motifs is 4. The lowest BCUT2D eigenvalue weighted by Gasteiger charge is -2.26. The van der Waals surface area contributed by atoms with Crippen molar-refractivity contribution in [2.75, 3.05) is 18.8 Å². The van der Waals surface area contributed by atoms with Gasteiger partial charge in [-0.1, -0.05) is 30.3 Å². The first-order valence-corrected chi connectivity index (χ1v) is 21.0. The molecule has 8 rings (SSSR count). The van der Waals surface area contributed by atoms with Crippen molar-refractivity contribution >= 4 is 46.6 Å². The Morgan fingerprint density at radius 1 is 0.839 bits per heavy atom. The van der Waals surface area contributed by atoms with E-state index >= 15 is 0 Å². The third-order valence-electron chi connectivity index (χ3n) is 11.8. The van der Waals surface area contributed by atoms with Crippen LogP contribution in [0.1, 0.15) is 99.3 Å². The predicted octanol–water partition coefficient (Wildman–Crippen LogP) is 3.36. The van der Waals surface area contributed by atoms with Crippen LogP contribution < -0.4 is 26.1 Å². The lowest BCUT2D eigenvalue weighted by Crippen LogP contribution is -2.40. The van der Waals surface area contributed by atoms with Crippen LogP contribution in [0.15, 0.2) is 24.3 Å². The molecule has 7 atom stereocenters. The highest BCUT2D eigenvalue weighted by Crippen LogP contribution is 2.48. The molecule has 308 valence electrons. The van der Waals surface area contributed by atoms with Gasteiger partial charge in [-0.3, -0.25) is 9.59 Å². The fourth-order valence-electron chi connectivity index (χ4n) is 9.00. The number of ether oxygens (including phenoxy) is 4. The van der Waals surface area contributed by atoms with Crippen molar-refractivity contribution in [1.29, 1.82) is 0 Å². The molecule has 4 unspecified atom stereocenters. The molecule has 17 heteroatoms. The first kappa shape index (κ1) is 40.7. The number of para-hydroxylation sites is 1. The Morgan fingerprint density at radius 3 is 2.11 bits per heavy atom. The highest BCUT2D eigenvalue weighted by atomic mass is 32.2. The predicted molar refractivity (Wildman–Crippen MR) is 206 cm³/mol. The van der Waals surface area contributed by atoms with Crippen LogP contribution in [0.4, 0.5) is 4.79 Å². The van der Waals surface area contributed by atoms with E-state index < -0.39 is 22.4 Å². The van der Waals surface area contributed by atoms with E-state index in [4.69, 9.17) is 23.8 Å². The minimum Gasteiger partial charge on any atom is -0.356 e. The molecule has 6 fully saturated rings. The molecule has 0 spiro atoms. The van der Waals surface area contributed by atoms with Crippen molar-refractivity contribution in [3.8, 4) is 0 Å². The second kappa shape index (κ2) is 16.0. The summed E-state index contributed by atoms with van der Waals surface area (Å²) in [5, 5.41) is 20.2. The van der Waals surface area contributed by atoms with Gasteiger partial charge in [0.2, 0.25) is 11.8 Å². The Morgan fingerprint density at radius 2 is 1.45 bits per heavy atom. The number of unbranched alkanes of at least 4 members (excludes halogenated alkanes) is 1. The van der Waals surface area contributed by atoms with Crippen LogP contribution in [0.25, 0.3) is 11.0 Å². The summed E-state index contributed by atoms with van der Waals surface area (Å²) in [4.78, 5) is 55.5. The number of carbonyl (C=O) groups excluding carboxylic acids is 4. The van der Waals surface area contributed by atoms with E-state index in [9.17, 15) is 19.2 Å². The van der Waals surface area contributed by atoms with E-state index in [1.807, 2.05) is 77.6 Å². The van der Waals surface area contributed by atoms with Crippen LogP contribution >= 0.6 is 11.8 Å². The van der Waals surface area contributed by atoms with E-state index in [2.05, 4.69) is 31.6 Å². The van der Waals surface area contributed by atoms with E-state index in [-0.39, 0.29) is 60.3 Å². The minimum absolute atomic E-state index is 0.0164. The number of benzene rings is 1. The number of amides is 4. The molecule has 2 aliphatic carbocycles. The number of hydrogen-bond donors (Lipinski definition) is 4. The van der Waals surface area contributed by atoms with Crippen molar-refractivity contribution in [3.63, 3.8) is 0 Å². The largest absolute Gasteiger partial charge is 0.356 e. The fourth-order valence-corrected chi connectivity index (χ4v) is 10.5. The molecule has 4 saturated heterocycles. The smallest absolute Gasteiger partial charge is 0.341 e. The van der Waals surface area contributed by atoms with E-state index in [0.29, 0.717) is 67.9 Å². The Bertz CT molecular complexity index is 1760. The Hall–Kier alpha value is -3.51. The Labute approximate surface area is 331 Å². The molecule has 4 aliphatic heterocycles. The average molecular weight is 800 g/mol. The van der Waals surface area contributed by atoms with Gasteiger partial charge >= 0.3 is 12.0 Å². The summed E-state index contributed by atoms with van der Waals surface area (Å²) in [6.07, 6.45) is 6.38. The number of hydrogen-bond acceptors (Lipinski definition) is 12. The van der Waals surface area contributed by atoms with Crippen molar-refractivity contribution in [3.05, 3.63) is 24.3 Å². The molecule has 1 aromatic carbocycles. The summed E-state index contributed by atoms with van der Waals surface area (Å²) < 4.78 is 23.5. The zero-order valence-electron chi connectivity index (χ0n) is 33.3. The number of nitrogens with zero attached hydrogens (tertiary/aromatic N) is 3. The molecule has 1 aromatic heterocycles. The molecule has 2 aromatic rings. The highest BCUT2D eigenvalue weighted by Gasteiger charge is 2.56. The van der Waals surface area contributed by atoms with Gasteiger partial charge in [0.05, 0.1) is 47.3 Å². The van der Waals surface area contributed by atoms with Crippen molar-refractivity contribution < 1.29 is 43.0 Å². The van der Waals surface area contributed by atoms with Gasteiger partial charge in [-0.05, 0) is 96.9 Å². The fraction of sp³-hybridized carbons (Fsp3) is 0.744. The normalized spacial score (nSPS) is 34.5. The van der Waals surface area contributed by atoms with Gasteiger partial charge < -0.3 is 45.1 Å². The van der Waals surface area contributed by atoms with Gasteiger partial charge in [0.1, 0.15) is 11.0 Å². The van der Waals surface area contributed by atoms with E-state index in [1.54, 1.807) is 0 Å². The maximum Gasteiger partial charge on any atom is 0.341 e. The number of nitrogens with one attached hydrogen (secondary N) is 4. The zero-order chi connectivity index (χ0) is 39.9. The molecule has 5 heterocycles. The van der Waals surface area contributed by atoms with Crippen molar-refractivity contribution in [2.45, 2.75) is 153 Å².